The molecule has 0 saturated carbocycles. The monoisotopic (exact) mass is 191 g/mol. The highest BCUT2D eigenvalue weighted by Gasteiger charge is 2.04. The van der Waals surface area contributed by atoms with E-state index in [0.29, 0.717) is 6.61 Å². The van der Waals surface area contributed by atoms with Crippen LogP contribution in [0.4, 0.5) is 0 Å². The van der Waals surface area contributed by atoms with Crippen molar-refractivity contribution in [1.29, 1.82) is 0 Å². The van der Waals surface area contributed by atoms with Gasteiger partial charge < -0.3 is 19.9 Å². The molecular formula is C9H21NO3. The van der Waals surface area contributed by atoms with Crippen molar-refractivity contribution in [3.05, 3.63) is 0 Å². The Morgan fingerprint density at radius 1 is 1.31 bits per heavy atom. The number of nitrogens with one attached hydrogen (secondary N) is 1. The maximum atomic E-state index is 8.53. The van der Waals surface area contributed by atoms with Crippen molar-refractivity contribution in [1.82, 2.24) is 5.32 Å². The van der Waals surface area contributed by atoms with Gasteiger partial charge in [0.05, 0.1) is 12.7 Å². The molecule has 0 spiro atoms. The Hall–Kier alpha value is -0.160. The summed E-state index contributed by atoms with van der Waals surface area (Å²) < 4.78 is 10.1. The zero-order valence-electron chi connectivity index (χ0n) is 8.58. The minimum Gasteiger partial charge on any atom is -0.396 e. The summed E-state index contributed by atoms with van der Waals surface area (Å²) in [6, 6.07) is 0. The lowest BCUT2D eigenvalue weighted by Crippen LogP contribution is -2.32. The van der Waals surface area contributed by atoms with Crippen LogP contribution in [-0.4, -0.2) is 51.7 Å². The molecule has 80 valence electrons. The van der Waals surface area contributed by atoms with Crippen LogP contribution < -0.4 is 5.32 Å². The summed E-state index contributed by atoms with van der Waals surface area (Å²) >= 11 is 0. The van der Waals surface area contributed by atoms with E-state index in [9.17, 15) is 0 Å². The van der Waals surface area contributed by atoms with Gasteiger partial charge >= 0.3 is 0 Å². The van der Waals surface area contributed by atoms with E-state index in [0.717, 1.165) is 25.9 Å². The summed E-state index contributed by atoms with van der Waals surface area (Å²) in [5.74, 6) is 0. The minimum absolute atomic E-state index is 0.124. The molecule has 0 amide bonds. The van der Waals surface area contributed by atoms with E-state index in [-0.39, 0.29) is 12.7 Å². The Balaban J connectivity index is 3.17. The van der Waals surface area contributed by atoms with Gasteiger partial charge in [0, 0.05) is 27.4 Å². The molecule has 0 bridgehead atoms. The molecule has 4 nitrogen and oxygen atoms in total. The van der Waals surface area contributed by atoms with Crippen molar-refractivity contribution in [3.8, 4) is 0 Å². The Bertz CT molecular complexity index is 101. The number of ether oxygens (including phenoxy) is 2. The predicted octanol–water partition coefficient (Wildman–Crippen LogP) is 0.00990. The summed E-state index contributed by atoms with van der Waals surface area (Å²) in [5, 5.41) is 11.8. The number of hydrogen-bond donors (Lipinski definition) is 2. The molecule has 0 aromatic heterocycles. The zero-order chi connectivity index (χ0) is 9.94. The molecule has 2 N–H and O–H groups in total. The van der Waals surface area contributed by atoms with Crippen molar-refractivity contribution in [2.24, 2.45) is 0 Å². The second-order valence-corrected chi connectivity index (χ2v) is 2.95. The van der Waals surface area contributed by atoms with E-state index < -0.39 is 0 Å². The number of aliphatic hydroxyl groups excluding tert-OH is 1. The van der Waals surface area contributed by atoms with Crippen LogP contribution in [0.5, 0.6) is 0 Å². The first-order chi connectivity index (χ1) is 6.35. The Labute approximate surface area is 80.2 Å². The van der Waals surface area contributed by atoms with Gasteiger partial charge in [-0.3, -0.25) is 0 Å². The second kappa shape index (κ2) is 9.92. The van der Waals surface area contributed by atoms with Crippen molar-refractivity contribution in [3.63, 3.8) is 0 Å². The molecule has 0 saturated heterocycles. The van der Waals surface area contributed by atoms with Crippen LogP contribution in [0.25, 0.3) is 0 Å². The first-order valence-electron chi connectivity index (χ1n) is 4.68. The van der Waals surface area contributed by atoms with Gasteiger partial charge in [-0.2, -0.15) is 0 Å². The lowest BCUT2D eigenvalue weighted by atomic mass is 10.3. The standard InChI is InChI=1S/C9H21NO3/c1-12-8-9(13-2)7-10-5-3-4-6-11/h9-11H,3-8H2,1-2H3. The van der Waals surface area contributed by atoms with Gasteiger partial charge in [0.25, 0.3) is 0 Å². The van der Waals surface area contributed by atoms with Gasteiger partial charge in [-0.05, 0) is 19.4 Å². The van der Waals surface area contributed by atoms with Gasteiger partial charge in [-0.25, -0.2) is 0 Å². The molecule has 0 aliphatic carbocycles. The molecule has 13 heavy (non-hydrogen) atoms. The molecule has 1 unspecified atom stereocenters. The van der Waals surface area contributed by atoms with Crippen LogP contribution in [0.2, 0.25) is 0 Å². The molecule has 0 fully saturated rings. The summed E-state index contributed by atoms with van der Waals surface area (Å²) in [6.45, 7) is 2.61. The van der Waals surface area contributed by atoms with Crippen LogP contribution in [0.15, 0.2) is 0 Å². The molecule has 0 heterocycles. The lowest BCUT2D eigenvalue weighted by Gasteiger charge is -2.14. The fourth-order valence-corrected chi connectivity index (χ4v) is 1.02. The molecule has 0 aromatic rings. The summed E-state index contributed by atoms with van der Waals surface area (Å²) in [7, 11) is 3.34. The van der Waals surface area contributed by atoms with Crippen LogP contribution in [-0.2, 0) is 9.47 Å². The quantitative estimate of drug-likeness (QED) is 0.504. The van der Waals surface area contributed by atoms with Gasteiger partial charge in [0.15, 0.2) is 0 Å². The molecule has 0 aromatic carbocycles. The SMILES string of the molecule is COCC(CNCCCCO)OC. The summed E-state index contributed by atoms with van der Waals surface area (Å²) in [4.78, 5) is 0. The van der Waals surface area contributed by atoms with Crippen molar-refractivity contribution in [2.75, 3.05) is 40.5 Å². The number of aliphatic hydroxyl groups is 1. The van der Waals surface area contributed by atoms with E-state index in [4.69, 9.17) is 14.6 Å². The van der Waals surface area contributed by atoms with Crippen LogP contribution >= 0.6 is 0 Å². The van der Waals surface area contributed by atoms with Crippen molar-refractivity contribution < 1.29 is 14.6 Å². The summed E-state index contributed by atoms with van der Waals surface area (Å²) in [5.41, 5.74) is 0. The molecule has 0 rings (SSSR count). The third-order valence-corrected chi connectivity index (χ3v) is 1.82. The van der Waals surface area contributed by atoms with Crippen molar-refractivity contribution in [2.45, 2.75) is 18.9 Å². The van der Waals surface area contributed by atoms with E-state index in [2.05, 4.69) is 5.32 Å². The second-order valence-electron chi connectivity index (χ2n) is 2.95. The maximum Gasteiger partial charge on any atom is 0.0928 e. The minimum atomic E-state index is 0.124. The normalized spacial score (nSPS) is 13.2. The van der Waals surface area contributed by atoms with Gasteiger partial charge in [0.2, 0.25) is 0 Å². The van der Waals surface area contributed by atoms with Crippen molar-refractivity contribution >= 4 is 0 Å². The highest BCUT2D eigenvalue weighted by atomic mass is 16.5. The molecule has 0 aliphatic rings. The topological polar surface area (TPSA) is 50.7 Å². The fourth-order valence-electron chi connectivity index (χ4n) is 1.02. The van der Waals surface area contributed by atoms with Gasteiger partial charge in [0.1, 0.15) is 0 Å². The van der Waals surface area contributed by atoms with Gasteiger partial charge in [-0.1, -0.05) is 0 Å². The average molecular weight is 191 g/mol. The number of methoxy groups -OCH3 is 2. The van der Waals surface area contributed by atoms with E-state index >= 15 is 0 Å². The van der Waals surface area contributed by atoms with Gasteiger partial charge in [-0.15, -0.1) is 0 Å². The third-order valence-electron chi connectivity index (χ3n) is 1.82. The Kier molecular flexibility index (Phi) is 9.80. The third kappa shape index (κ3) is 8.18. The number of rotatable bonds is 9. The molecule has 1 atom stereocenters. The van der Waals surface area contributed by atoms with Crippen LogP contribution in [0.3, 0.4) is 0 Å². The Morgan fingerprint density at radius 2 is 2.08 bits per heavy atom. The average Bonchev–Trinajstić information content (AvgIpc) is 2.16. The number of hydrogen-bond acceptors (Lipinski definition) is 4. The fraction of sp³-hybridized carbons (Fsp3) is 1.00. The molecule has 0 aliphatic heterocycles. The van der Waals surface area contributed by atoms with E-state index in [1.54, 1.807) is 14.2 Å². The van der Waals surface area contributed by atoms with E-state index in [1.165, 1.54) is 0 Å². The number of unbranched alkanes of at least 4 members (excludes halogenated alkanes) is 1. The molecule has 4 heteroatoms. The maximum absolute atomic E-state index is 8.53. The molecule has 0 radical (unpaired) electrons. The Morgan fingerprint density at radius 3 is 2.62 bits per heavy atom. The van der Waals surface area contributed by atoms with E-state index in [1.807, 2.05) is 0 Å². The molecular weight excluding hydrogens is 170 g/mol. The first-order valence-corrected chi connectivity index (χ1v) is 4.68. The van der Waals surface area contributed by atoms with Crippen LogP contribution in [0, 0.1) is 0 Å². The largest absolute Gasteiger partial charge is 0.396 e. The highest BCUT2D eigenvalue weighted by molar-refractivity contribution is 4.59. The first kappa shape index (κ1) is 12.8. The predicted molar refractivity (Wildman–Crippen MR) is 51.9 cm³/mol. The lowest BCUT2D eigenvalue weighted by molar-refractivity contribution is 0.0290. The highest BCUT2D eigenvalue weighted by Crippen LogP contribution is 1.89. The smallest absolute Gasteiger partial charge is 0.0928 e. The van der Waals surface area contributed by atoms with Crippen LogP contribution in [0.1, 0.15) is 12.8 Å². The zero-order valence-corrected chi connectivity index (χ0v) is 8.58. The summed E-state index contributed by atoms with van der Waals surface area (Å²) in [6.07, 6.45) is 1.98.